The molecule has 7 heteroatoms. The Labute approximate surface area is 198 Å². The molecule has 3 aromatic rings. The molecule has 4 rings (SSSR count). The van der Waals surface area contributed by atoms with Crippen molar-refractivity contribution in [1.82, 2.24) is 4.90 Å². The minimum absolute atomic E-state index is 0.0931. The van der Waals surface area contributed by atoms with Gasteiger partial charge in [-0.15, -0.1) is 0 Å². The zero-order chi connectivity index (χ0) is 24.1. The van der Waals surface area contributed by atoms with Crippen LogP contribution in [0.1, 0.15) is 36.1 Å². The van der Waals surface area contributed by atoms with Crippen LogP contribution in [0.25, 0.3) is 0 Å². The predicted octanol–water partition coefficient (Wildman–Crippen LogP) is 5.04. The van der Waals surface area contributed by atoms with Crippen LogP contribution in [-0.4, -0.2) is 28.8 Å². The molecule has 1 heterocycles. The van der Waals surface area contributed by atoms with E-state index in [1.807, 2.05) is 49.4 Å². The first kappa shape index (κ1) is 23.0. The number of ether oxygens (including phenoxy) is 1. The van der Waals surface area contributed by atoms with Crippen molar-refractivity contribution in [3.63, 3.8) is 0 Å². The molecule has 34 heavy (non-hydrogen) atoms. The van der Waals surface area contributed by atoms with Gasteiger partial charge in [0.2, 0.25) is 5.91 Å². The minimum Gasteiger partial charge on any atom is -0.438 e. The third kappa shape index (κ3) is 5.26. The Bertz CT molecular complexity index is 1180. The average Bonchev–Trinajstić information content (AvgIpc) is 3.16. The molecule has 0 spiro atoms. The van der Waals surface area contributed by atoms with Gasteiger partial charge in [-0.05, 0) is 42.3 Å². The normalized spacial score (nSPS) is 17.2. The average molecular weight is 458 g/mol. The van der Waals surface area contributed by atoms with Crippen LogP contribution in [0.5, 0.6) is 0 Å². The van der Waals surface area contributed by atoms with Crippen LogP contribution in [0, 0.1) is 6.92 Å². The highest BCUT2D eigenvalue weighted by Crippen LogP contribution is 2.35. The maximum atomic E-state index is 13.4. The van der Waals surface area contributed by atoms with Gasteiger partial charge in [-0.25, -0.2) is 4.79 Å². The van der Waals surface area contributed by atoms with E-state index >= 15 is 0 Å². The monoisotopic (exact) mass is 457 g/mol. The standard InChI is InChI=1S/C27H27N3O4/c1-3-23(31)28-22-14-12-20(13-15-22)25-24(26(32)29-21-10-5-4-6-11-21)30(27(33)34-25)17-19-9-7-8-18(2)16-19/h4-16,24-25H,3,17H2,1-2H3,(H,28,31)(H,29,32). The molecular weight excluding hydrogens is 430 g/mol. The van der Waals surface area contributed by atoms with Crippen molar-refractivity contribution in [2.75, 3.05) is 10.6 Å². The highest BCUT2D eigenvalue weighted by molar-refractivity contribution is 5.98. The fraction of sp³-hybridized carbons (Fsp3) is 0.222. The van der Waals surface area contributed by atoms with Crippen molar-refractivity contribution in [2.45, 2.75) is 39.0 Å². The first-order chi connectivity index (χ1) is 16.4. The molecule has 1 aliphatic heterocycles. The molecule has 3 aromatic carbocycles. The molecule has 1 saturated heterocycles. The van der Waals surface area contributed by atoms with Gasteiger partial charge < -0.3 is 15.4 Å². The van der Waals surface area contributed by atoms with Crippen LogP contribution < -0.4 is 10.6 Å². The highest BCUT2D eigenvalue weighted by Gasteiger charge is 2.47. The summed E-state index contributed by atoms with van der Waals surface area (Å²) in [5, 5.41) is 5.70. The molecule has 7 nitrogen and oxygen atoms in total. The Morgan fingerprint density at radius 2 is 1.62 bits per heavy atom. The van der Waals surface area contributed by atoms with Crippen molar-refractivity contribution < 1.29 is 19.1 Å². The Kier molecular flexibility index (Phi) is 6.92. The molecule has 0 saturated carbocycles. The van der Waals surface area contributed by atoms with Crippen LogP contribution in [0.15, 0.2) is 78.9 Å². The van der Waals surface area contributed by atoms with Gasteiger partial charge in [0.05, 0.1) is 6.54 Å². The summed E-state index contributed by atoms with van der Waals surface area (Å²) in [4.78, 5) is 39.5. The lowest BCUT2D eigenvalue weighted by atomic mass is 10.00. The van der Waals surface area contributed by atoms with Crippen molar-refractivity contribution in [2.24, 2.45) is 0 Å². The number of nitrogens with one attached hydrogen (secondary N) is 2. The van der Waals surface area contributed by atoms with Gasteiger partial charge in [-0.2, -0.15) is 0 Å². The molecule has 0 aliphatic carbocycles. The number of carbonyl (C=O) groups excluding carboxylic acids is 3. The Hall–Kier alpha value is -4.13. The second-order valence-corrected chi connectivity index (χ2v) is 8.25. The smallest absolute Gasteiger partial charge is 0.411 e. The number of anilines is 2. The number of nitrogens with zero attached hydrogens (tertiary/aromatic N) is 1. The Morgan fingerprint density at radius 3 is 2.29 bits per heavy atom. The summed E-state index contributed by atoms with van der Waals surface area (Å²) in [7, 11) is 0. The van der Waals surface area contributed by atoms with Crippen molar-refractivity contribution in [3.05, 3.63) is 95.6 Å². The van der Waals surface area contributed by atoms with E-state index in [4.69, 9.17) is 4.74 Å². The second kappa shape index (κ2) is 10.2. The van der Waals surface area contributed by atoms with Crippen LogP contribution in [0.3, 0.4) is 0 Å². The van der Waals surface area contributed by atoms with Crippen molar-refractivity contribution >= 4 is 29.3 Å². The fourth-order valence-corrected chi connectivity index (χ4v) is 3.96. The number of cyclic esters (lactones) is 1. The van der Waals surface area contributed by atoms with Gasteiger partial charge in [0.1, 0.15) is 0 Å². The molecule has 1 fully saturated rings. The fourth-order valence-electron chi connectivity index (χ4n) is 3.96. The van der Waals surface area contributed by atoms with E-state index in [1.165, 1.54) is 4.90 Å². The number of carbonyl (C=O) groups is 3. The maximum Gasteiger partial charge on any atom is 0.411 e. The number of hydrogen-bond acceptors (Lipinski definition) is 4. The van der Waals surface area contributed by atoms with Gasteiger partial charge >= 0.3 is 6.09 Å². The summed E-state index contributed by atoms with van der Waals surface area (Å²) in [6.45, 7) is 4.00. The van der Waals surface area contributed by atoms with E-state index in [-0.39, 0.29) is 18.4 Å². The largest absolute Gasteiger partial charge is 0.438 e. The first-order valence-corrected chi connectivity index (χ1v) is 11.2. The van der Waals surface area contributed by atoms with Gasteiger partial charge in [-0.3, -0.25) is 14.5 Å². The molecule has 1 aliphatic rings. The summed E-state index contributed by atoms with van der Waals surface area (Å²) in [5.41, 5.74) is 3.92. The molecule has 174 valence electrons. The van der Waals surface area contributed by atoms with E-state index in [2.05, 4.69) is 10.6 Å². The molecule has 0 radical (unpaired) electrons. The van der Waals surface area contributed by atoms with E-state index in [9.17, 15) is 14.4 Å². The Morgan fingerprint density at radius 1 is 0.912 bits per heavy atom. The topological polar surface area (TPSA) is 87.7 Å². The van der Waals surface area contributed by atoms with Crippen molar-refractivity contribution in [3.8, 4) is 0 Å². The SMILES string of the molecule is CCC(=O)Nc1ccc(C2OC(=O)N(Cc3cccc(C)c3)C2C(=O)Nc2ccccc2)cc1. The maximum absolute atomic E-state index is 13.4. The van der Waals surface area contributed by atoms with Crippen LogP contribution in [0.2, 0.25) is 0 Å². The summed E-state index contributed by atoms with van der Waals surface area (Å²) in [6.07, 6.45) is -0.975. The summed E-state index contributed by atoms with van der Waals surface area (Å²) < 4.78 is 5.71. The summed E-state index contributed by atoms with van der Waals surface area (Å²) >= 11 is 0. The molecule has 2 unspecified atom stereocenters. The predicted molar refractivity (Wildman–Crippen MR) is 130 cm³/mol. The van der Waals surface area contributed by atoms with Gasteiger partial charge in [-0.1, -0.05) is 67.1 Å². The number of benzene rings is 3. The van der Waals surface area contributed by atoms with Crippen LogP contribution in [0.4, 0.5) is 16.2 Å². The Balaban J connectivity index is 1.63. The minimum atomic E-state index is -0.871. The zero-order valence-electron chi connectivity index (χ0n) is 19.2. The third-order valence-corrected chi connectivity index (χ3v) is 5.67. The van der Waals surface area contributed by atoms with Gasteiger partial charge in [0, 0.05) is 17.8 Å². The molecule has 2 atom stereocenters. The molecular formula is C27H27N3O4. The van der Waals surface area contributed by atoms with Gasteiger partial charge in [0.25, 0.3) is 5.91 Å². The lowest BCUT2D eigenvalue weighted by molar-refractivity contribution is -0.121. The quantitative estimate of drug-likeness (QED) is 0.520. The number of aryl methyl sites for hydroxylation is 1. The summed E-state index contributed by atoms with van der Waals surface area (Å²) in [5.74, 6) is -0.428. The number of rotatable bonds is 7. The zero-order valence-corrected chi connectivity index (χ0v) is 19.2. The van der Waals surface area contributed by atoms with Gasteiger partial charge in [0.15, 0.2) is 12.1 Å². The van der Waals surface area contributed by atoms with Crippen LogP contribution in [-0.2, 0) is 20.9 Å². The van der Waals surface area contributed by atoms with E-state index in [0.29, 0.717) is 23.4 Å². The van der Waals surface area contributed by atoms with Crippen molar-refractivity contribution in [1.29, 1.82) is 0 Å². The molecule has 3 amide bonds. The van der Waals surface area contributed by atoms with Crippen LogP contribution >= 0.6 is 0 Å². The lowest BCUT2D eigenvalue weighted by Crippen LogP contribution is -2.43. The number of hydrogen-bond donors (Lipinski definition) is 2. The second-order valence-electron chi connectivity index (χ2n) is 8.25. The van der Waals surface area contributed by atoms with E-state index in [0.717, 1.165) is 11.1 Å². The molecule has 0 aromatic heterocycles. The lowest BCUT2D eigenvalue weighted by Gasteiger charge is -2.24. The first-order valence-electron chi connectivity index (χ1n) is 11.2. The van der Waals surface area contributed by atoms with E-state index < -0.39 is 18.2 Å². The van der Waals surface area contributed by atoms with E-state index in [1.54, 1.807) is 43.3 Å². The number of amides is 3. The molecule has 2 N–H and O–H groups in total. The summed E-state index contributed by atoms with van der Waals surface area (Å²) in [6, 6.07) is 23.1. The highest BCUT2D eigenvalue weighted by atomic mass is 16.6. The molecule has 0 bridgehead atoms. The third-order valence-electron chi connectivity index (χ3n) is 5.67. The number of para-hydroxylation sites is 1.